The molecule has 2 aromatic rings. The van der Waals surface area contributed by atoms with Gasteiger partial charge in [0, 0.05) is 11.3 Å². The molecule has 0 bridgehead atoms. The molecular formula is C13H11F2NO. The van der Waals surface area contributed by atoms with Gasteiger partial charge in [-0.3, -0.25) is 0 Å². The van der Waals surface area contributed by atoms with Crippen LogP contribution in [0.15, 0.2) is 42.5 Å². The van der Waals surface area contributed by atoms with E-state index < -0.39 is 0 Å². The first-order chi connectivity index (χ1) is 8.15. The van der Waals surface area contributed by atoms with Crippen LogP contribution in [-0.2, 0) is 6.61 Å². The Labute approximate surface area is 97.6 Å². The predicted molar refractivity (Wildman–Crippen MR) is 61.5 cm³/mol. The van der Waals surface area contributed by atoms with Crippen molar-refractivity contribution in [3.05, 3.63) is 59.7 Å². The molecule has 0 spiro atoms. The highest BCUT2D eigenvalue weighted by Crippen LogP contribution is 2.17. The summed E-state index contributed by atoms with van der Waals surface area (Å²) < 4.78 is 31.0. The van der Waals surface area contributed by atoms with Crippen LogP contribution < -0.4 is 10.5 Å². The van der Waals surface area contributed by atoms with Gasteiger partial charge >= 0.3 is 0 Å². The summed E-state index contributed by atoms with van der Waals surface area (Å²) in [6.07, 6.45) is 0. The second-order valence-electron chi connectivity index (χ2n) is 3.59. The Bertz CT molecular complexity index is 511. The van der Waals surface area contributed by atoms with E-state index >= 15 is 0 Å². The molecule has 0 aromatic heterocycles. The van der Waals surface area contributed by atoms with E-state index in [1.54, 1.807) is 0 Å². The van der Waals surface area contributed by atoms with Crippen LogP contribution in [0.5, 0.6) is 5.75 Å². The molecule has 0 heterocycles. The van der Waals surface area contributed by atoms with Crippen molar-refractivity contribution < 1.29 is 13.5 Å². The highest BCUT2D eigenvalue weighted by atomic mass is 19.1. The van der Waals surface area contributed by atoms with Crippen LogP contribution in [0.4, 0.5) is 14.5 Å². The summed E-state index contributed by atoms with van der Waals surface area (Å²) in [7, 11) is 0. The quantitative estimate of drug-likeness (QED) is 0.829. The number of ether oxygens (including phenoxy) is 1. The lowest BCUT2D eigenvalue weighted by atomic mass is 10.2. The van der Waals surface area contributed by atoms with Crippen molar-refractivity contribution in [3.8, 4) is 5.75 Å². The summed E-state index contributed by atoms with van der Waals surface area (Å²) in [4.78, 5) is 0. The third-order valence-corrected chi connectivity index (χ3v) is 2.31. The largest absolute Gasteiger partial charge is 0.489 e. The smallest absolute Gasteiger partial charge is 0.123 e. The highest BCUT2D eigenvalue weighted by molar-refractivity contribution is 5.46. The molecule has 0 aliphatic rings. The van der Waals surface area contributed by atoms with Crippen LogP contribution in [0.1, 0.15) is 5.56 Å². The monoisotopic (exact) mass is 235 g/mol. The molecular weight excluding hydrogens is 224 g/mol. The lowest BCUT2D eigenvalue weighted by Crippen LogP contribution is -2.00. The first-order valence-corrected chi connectivity index (χ1v) is 5.07. The van der Waals surface area contributed by atoms with E-state index in [4.69, 9.17) is 10.5 Å². The first kappa shape index (κ1) is 11.4. The number of nitrogens with two attached hydrogens (primary N) is 1. The molecule has 2 rings (SSSR count). The van der Waals surface area contributed by atoms with Gasteiger partial charge in [-0.1, -0.05) is 0 Å². The predicted octanol–water partition coefficient (Wildman–Crippen LogP) is 3.13. The molecule has 0 fully saturated rings. The second-order valence-corrected chi connectivity index (χ2v) is 3.59. The first-order valence-electron chi connectivity index (χ1n) is 5.07. The van der Waals surface area contributed by atoms with Crippen molar-refractivity contribution in [3.63, 3.8) is 0 Å². The summed E-state index contributed by atoms with van der Waals surface area (Å²) >= 11 is 0. The second kappa shape index (κ2) is 4.82. The zero-order chi connectivity index (χ0) is 12.3. The lowest BCUT2D eigenvalue weighted by molar-refractivity contribution is 0.306. The Balaban J connectivity index is 2.07. The molecule has 88 valence electrons. The number of hydrogen-bond acceptors (Lipinski definition) is 2. The van der Waals surface area contributed by atoms with Crippen molar-refractivity contribution >= 4 is 5.69 Å². The van der Waals surface area contributed by atoms with E-state index in [2.05, 4.69) is 0 Å². The molecule has 0 unspecified atom stereocenters. The molecule has 0 saturated carbocycles. The molecule has 2 N–H and O–H groups in total. The van der Waals surface area contributed by atoms with Gasteiger partial charge in [0.2, 0.25) is 0 Å². The molecule has 0 aliphatic carbocycles. The zero-order valence-corrected chi connectivity index (χ0v) is 8.99. The maximum Gasteiger partial charge on any atom is 0.123 e. The maximum absolute atomic E-state index is 13.0. The molecule has 4 heteroatoms. The number of nitrogen functional groups attached to an aromatic ring is 1. The minimum absolute atomic E-state index is 0.148. The summed E-state index contributed by atoms with van der Waals surface area (Å²) in [5, 5.41) is 0. The molecule has 2 nitrogen and oxygen atoms in total. The van der Waals surface area contributed by atoms with Gasteiger partial charge in [-0.25, -0.2) is 8.78 Å². The normalized spacial score (nSPS) is 10.2. The van der Waals surface area contributed by atoms with Gasteiger partial charge in [-0.15, -0.1) is 0 Å². The minimum Gasteiger partial charge on any atom is -0.489 e. The van der Waals surface area contributed by atoms with Gasteiger partial charge in [0.25, 0.3) is 0 Å². The van der Waals surface area contributed by atoms with Crippen LogP contribution in [0.2, 0.25) is 0 Å². The van der Waals surface area contributed by atoms with Gasteiger partial charge in [0.1, 0.15) is 24.0 Å². The number of rotatable bonds is 3. The van der Waals surface area contributed by atoms with E-state index in [9.17, 15) is 8.78 Å². The Hall–Kier alpha value is -2.10. The van der Waals surface area contributed by atoms with Gasteiger partial charge in [-0.2, -0.15) is 0 Å². The van der Waals surface area contributed by atoms with E-state index in [1.807, 2.05) is 0 Å². The molecule has 2 aromatic carbocycles. The SMILES string of the molecule is Nc1ccc(F)cc1COc1ccc(F)cc1. The van der Waals surface area contributed by atoms with Crippen LogP contribution >= 0.6 is 0 Å². The Morgan fingerprint density at radius 1 is 0.941 bits per heavy atom. The maximum atomic E-state index is 13.0. The fraction of sp³-hybridized carbons (Fsp3) is 0.0769. The van der Waals surface area contributed by atoms with Crippen molar-refractivity contribution in [2.24, 2.45) is 0 Å². The van der Waals surface area contributed by atoms with Gasteiger partial charge in [0.05, 0.1) is 0 Å². The van der Waals surface area contributed by atoms with Crippen LogP contribution in [-0.4, -0.2) is 0 Å². The van der Waals surface area contributed by atoms with Crippen LogP contribution in [0, 0.1) is 11.6 Å². The fourth-order valence-corrected chi connectivity index (χ4v) is 1.39. The summed E-state index contributed by atoms with van der Waals surface area (Å²) in [6.45, 7) is 0.148. The van der Waals surface area contributed by atoms with Crippen molar-refractivity contribution in [2.75, 3.05) is 5.73 Å². The lowest BCUT2D eigenvalue weighted by Gasteiger charge is -2.08. The number of benzene rings is 2. The van der Waals surface area contributed by atoms with Gasteiger partial charge in [-0.05, 0) is 42.5 Å². The van der Waals surface area contributed by atoms with Gasteiger partial charge in [0.15, 0.2) is 0 Å². The van der Waals surface area contributed by atoms with E-state index in [0.29, 0.717) is 17.0 Å². The minimum atomic E-state index is -0.364. The van der Waals surface area contributed by atoms with E-state index in [1.165, 1.54) is 42.5 Å². The Morgan fingerprint density at radius 3 is 2.29 bits per heavy atom. The number of anilines is 1. The van der Waals surface area contributed by atoms with E-state index in [0.717, 1.165) is 0 Å². The average Bonchev–Trinajstić information content (AvgIpc) is 2.32. The third kappa shape index (κ3) is 2.93. The molecule has 0 radical (unpaired) electrons. The average molecular weight is 235 g/mol. The molecule has 0 aliphatic heterocycles. The highest BCUT2D eigenvalue weighted by Gasteiger charge is 2.02. The van der Waals surface area contributed by atoms with Gasteiger partial charge < -0.3 is 10.5 Å². The van der Waals surface area contributed by atoms with E-state index in [-0.39, 0.29) is 18.2 Å². The summed E-state index contributed by atoms with van der Waals surface area (Å²) in [6, 6.07) is 9.69. The molecule has 0 atom stereocenters. The Morgan fingerprint density at radius 2 is 1.59 bits per heavy atom. The topological polar surface area (TPSA) is 35.2 Å². The standard InChI is InChI=1S/C13H11F2NO/c14-10-1-4-12(5-2-10)17-8-9-7-11(15)3-6-13(9)16/h1-7H,8,16H2. The Kier molecular flexibility index (Phi) is 3.23. The van der Waals surface area contributed by atoms with Crippen LogP contribution in [0.3, 0.4) is 0 Å². The van der Waals surface area contributed by atoms with Crippen molar-refractivity contribution in [1.29, 1.82) is 0 Å². The summed E-state index contributed by atoms with van der Waals surface area (Å²) in [5.74, 6) is -0.186. The van der Waals surface area contributed by atoms with Crippen molar-refractivity contribution in [1.82, 2.24) is 0 Å². The van der Waals surface area contributed by atoms with Crippen LogP contribution in [0.25, 0.3) is 0 Å². The summed E-state index contributed by atoms with van der Waals surface area (Å²) in [5.41, 5.74) is 6.70. The number of hydrogen-bond donors (Lipinski definition) is 1. The number of halogens is 2. The van der Waals surface area contributed by atoms with Crippen molar-refractivity contribution in [2.45, 2.75) is 6.61 Å². The third-order valence-electron chi connectivity index (χ3n) is 2.31. The zero-order valence-electron chi connectivity index (χ0n) is 8.99. The molecule has 0 saturated heterocycles. The fourth-order valence-electron chi connectivity index (χ4n) is 1.39. The molecule has 0 amide bonds. The molecule has 17 heavy (non-hydrogen) atoms.